The molecule has 2 N–H and O–H groups in total. The molecule has 0 radical (unpaired) electrons. The van der Waals surface area contributed by atoms with Gasteiger partial charge in [-0.3, -0.25) is 4.79 Å². The highest BCUT2D eigenvalue weighted by molar-refractivity contribution is 5.75. The monoisotopic (exact) mass is 220 g/mol. The number of hydrogen-bond donors (Lipinski definition) is 2. The maximum Gasteiger partial charge on any atom is 0.221 e. The Kier molecular flexibility index (Phi) is 5.57. The third-order valence-electron chi connectivity index (χ3n) is 2.35. The number of amides is 1. The van der Waals surface area contributed by atoms with Gasteiger partial charge in [0.1, 0.15) is 0 Å². The minimum absolute atomic E-state index is 0.110. The van der Waals surface area contributed by atoms with Crippen LogP contribution in [0.4, 0.5) is 0 Å². The van der Waals surface area contributed by atoms with Gasteiger partial charge in [0.25, 0.3) is 0 Å². The molecule has 16 heavy (non-hydrogen) atoms. The molecular formula is C13H20N2O. The zero-order valence-corrected chi connectivity index (χ0v) is 10.0. The Bertz CT molecular complexity index is 319. The second-order valence-electron chi connectivity index (χ2n) is 3.87. The predicted octanol–water partition coefficient (Wildman–Crippen LogP) is 1.61. The lowest BCUT2D eigenvalue weighted by Gasteiger charge is -2.05. The van der Waals surface area contributed by atoms with Crippen LogP contribution >= 0.6 is 0 Å². The first kappa shape index (κ1) is 12.7. The molecule has 3 heteroatoms. The molecule has 0 atom stereocenters. The van der Waals surface area contributed by atoms with Crippen LogP contribution in [0.3, 0.4) is 0 Å². The molecule has 0 aliphatic rings. The van der Waals surface area contributed by atoms with Gasteiger partial charge in [-0.1, -0.05) is 29.8 Å². The number of benzene rings is 1. The number of hydrogen-bond acceptors (Lipinski definition) is 2. The lowest BCUT2D eigenvalue weighted by atomic mass is 10.1. The number of rotatable bonds is 6. The van der Waals surface area contributed by atoms with Crippen molar-refractivity contribution in [2.75, 3.05) is 13.1 Å². The quantitative estimate of drug-likeness (QED) is 0.715. The molecule has 0 spiro atoms. The van der Waals surface area contributed by atoms with Crippen LogP contribution in [-0.4, -0.2) is 19.0 Å². The SMILES string of the molecule is CCNC(=O)CCNCc1ccc(C)cc1. The summed E-state index contributed by atoms with van der Waals surface area (Å²) in [7, 11) is 0. The fraction of sp³-hybridized carbons (Fsp3) is 0.462. The average Bonchev–Trinajstić information content (AvgIpc) is 2.27. The summed E-state index contributed by atoms with van der Waals surface area (Å²) in [6.45, 7) is 6.25. The molecule has 1 rings (SSSR count). The van der Waals surface area contributed by atoms with Crippen molar-refractivity contribution in [3.63, 3.8) is 0 Å². The van der Waals surface area contributed by atoms with Gasteiger partial charge in [-0.15, -0.1) is 0 Å². The van der Waals surface area contributed by atoms with Crippen molar-refractivity contribution in [2.24, 2.45) is 0 Å². The molecule has 1 aromatic rings. The van der Waals surface area contributed by atoms with E-state index in [1.165, 1.54) is 11.1 Å². The largest absolute Gasteiger partial charge is 0.356 e. The number of nitrogens with one attached hydrogen (secondary N) is 2. The smallest absolute Gasteiger partial charge is 0.221 e. The molecular weight excluding hydrogens is 200 g/mol. The molecule has 0 saturated carbocycles. The fourth-order valence-corrected chi connectivity index (χ4v) is 1.43. The lowest BCUT2D eigenvalue weighted by Crippen LogP contribution is -2.27. The molecule has 0 unspecified atom stereocenters. The Hall–Kier alpha value is -1.35. The summed E-state index contributed by atoms with van der Waals surface area (Å²) >= 11 is 0. The second kappa shape index (κ2) is 7.01. The van der Waals surface area contributed by atoms with Crippen molar-refractivity contribution in [1.29, 1.82) is 0 Å². The van der Waals surface area contributed by atoms with E-state index in [9.17, 15) is 4.79 Å². The first-order valence-electron chi connectivity index (χ1n) is 5.75. The van der Waals surface area contributed by atoms with Crippen LogP contribution < -0.4 is 10.6 Å². The van der Waals surface area contributed by atoms with Gasteiger partial charge in [-0.2, -0.15) is 0 Å². The first-order valence-corrected chi connectivity index (χ1v) is 5.75. The molecule has 0 fully saturated rings. The number of carbonyl (C=O) groups excluding carboxylic acids is 1. The number of carbonyl (C=O) groups is 1. The Morgan fingerprint density at radius 3 is 2.56 bits per heavy atom. The van der Waals surface area contributed by atoms with Gasteiger partial charge in [-0.25, -0.2) is 0 Å². The van der Waals surface area contributed by atoms with E-state index >= 15 is 0 Å². The van der Waals surface area contributed by atoms with E-state index in [4.69, 9.17) is 0 Å². The summed E-state index contributed by atoms with van der Waals surface area (Å²) in [6, 6.07) is 8.41. The van der Waals surface area contributed by atoms with E-state index in [0.29, 0.717) is 13.0 Å². The molecule has 0 saturated heterocycles. The molecule has 0 heterocycles. The van der Waals surface area contributed by atoms with Crippen LogP contribution in [0.15, 0.2) is 24.3 Å². The summed E-state index contributed by atoms with van der Waals surface area (Å²) < 4.78 is 0. The third-order valence-corrected chi connectivity index (χ3v) is 2.35. The van der Waals surface area contributed by atoms with Gasteiger partial charge in [0, 0.05) is 26.1 Å². The van der Waals surface area contributed by atoms with Gasteiger partial charge < -0.3 is 10.6 Å². The summed E-state index contributed by atoms with van der Waals surface area (Å²) in [6.07, 6.45) is 0.541. The van der Waals surface area contributed by atoms with Gasteiger partial charge in [0.2, 0.25) is 5.91 Å². The molecule has 1 amide bonds. The van der Waals surface area contributed by atoms with Crippen LogP contribution in [0.25, 0.3) is 0 Å². The van der Waals surface area contributed by atoms with Crippen molar-refractivity contribution in [2.45, 2.75) is 26.8 Å². The van der Waals surface area contributed by atoms with Gasteiger partial charge in [0.05, 0.1) is 0 Å². The van der Waals surface area contributed by atoms with E-state index < -0.39 is 0 Å². The lowest BCUT2D eigenvalue weighted by molar-refractivity contribution is -0.120. The van der Waals surface area contributed by atoms with E-state index in [2.05, 4.69) is 41.8 Å². The van der Waals surface area contributed by atoms with E-state index in [1.807, 2.05) is 6.92 Å². The normalized spacial score (nSPS) is 10.1. The van der Waals surface area contributed by atoms with Gasteiger partial charge in [-0.05, 0) is 19.4 Å². The Balaban J connectivity index is 2.16. The summed E-state index contributed by atoms with van der Waals surface area (Å²) in [4.78, 5) is 11.1. The molecule has 0 aliphatic heterocycles. The Labute approximate surface area is 97.2 Å². The average molecular weight is 220 g/mol. The highest BCUT2D eigenvalue weighted by Crippen LogP contribution is 2.02. The first-order chi connectivity index (χ1) is 7.72. The third kappa shape index (κ3) is 4.94. The molecule has 1 aromatic carbocycles. The highest BCUT2D eigenvalue weighted by Gasteiger charge is 1.98. The molecule has 0 aliphatic carbocycles. The van der Waals surface area contributed by atoms with Gasteiger partial charge in [0.15, 0.2) is 0 Å². The molecule has 0 bridgehead atoms. The Morgan fingerprint density at radius 1 is 1.25 bits per heavy atom. The highest BCUT2D eigenvalue weighted by atomic mass is 16.1. The predicted molar refractivity (Wildman–Crippen MR) is 66.2 cm³/mol. The zero-order chi connectivity index (χ0) is 11.8. The van der Waals surface area contributed by atoms with E-state index in [1.54, 1.807) is 0 Å². The van der Waals surface area contributed by atoms with Crippen molar-refractivity contribution in [1.82, 2.24) is 10.6 Å². The van der Waals surface area contributed by atoms with E-state index in [0.717, 1.165) is 13.1 Å². The van der Waals surface area contributed by atoms with Crippen molar-refractivity contribution in [3.8, 4) is 0 Å². The summed E-state index contributed by atoms with van der Waals surface area (Å²) in [5, 5.41) is 6.02. The maximum absolute atomic E-state index is 11.1. The number of aryl methyl sites for hydroxylation is 1. The molecule has 3 nitrogen and oxygen atoms in total. The van der Waals surface area contributed by atoms with Crippen molar-refractivity contribution in [3.05, 3.63) is 35.4 Å². The summed E-state index contributed by atoms with van der Waals surface area (Å²) in [5.41, 5.74) is 2.52. The minimum Gasteiger partial charge on any atom is -0.356 e. The zero-order valence-electron chi connectivity index (χ0n) is 10.0. The standard InChI is InChI=1S/C13H20N2O/c1-3-15-13(16)8-9-14-10-12-6-4-11(2)5-7-12/h4-7,14H,3,8-10H2,1-2H3,(H,15,16). The topological polar surface area (TPSA) is 41.1 Å². The van der Waals surface area contributed by atoms with Crippen LogP contribution in [-0.2, 0) is 11.3 Å². The van der Waals surface area contributed by atoms with Crippen LogP contribution in [0, 0.1) is 6.92 Å². The molecule has 0 aromatic heterocycles. The fourth-order valence-electron chi connectivity index (χ4n) is 1.43. The Morgan fingerprint density at radius 2 is 1.94 bits per heavy atom. The maximum atomic E-state index is 11.1. The van der Waals surface area contributed by atoms with Crippen molar-refractivity contribution < 1.29 is 4.79 Å². The van der Waals surface area contributed by atoms with Gasteiger partial charge >= 0.3 is 0 Å². The van der Waals surface area contributed by atoms with Crippen LogP contribution in [0.2, 0.25) is 0 Å². The minimum atomic E-state index is 0.110. The molecule has 88 valence electrons. The van der Waals surface area contributed by atoms with Crippen molar-refractivity contribution >= 4 is 5.91 Å². The van der Waals surface area contributed by atoms with Crippen LogP contribution in [0.5, 0.6) is 0 Å². The van der Waals surface area contributed by atoms with E-state index in [-0.39, 0.29) is 5.91 Å². The second-order valence-corrected chi connectivity index (χ2v) is 3.87. The van der Waals surface area contributed by atoms with Crippen LogP contribution in [0.1, 0.15) is 24.5 Å². The summed E-state index contributed by atoms with van der Waals surface area (Å²) in [5.74, 6) is 0.110.